The second kappa shape index (κ2) is 5.73. The largest absolute Gasteiger partial charge is 0.374 e. The number of rotatable bonds is 4. The van der Waals surface area contributed by atoms with Gasteiger partial charge in [0.15, 0.2) is 4.47 Å². The lowest BCUT2D eigenvalue weighted by Crippen LogP contribution is -2.02. The first-order chi connectivity index (χ1) is 8.97. The lowest BCUT2D eigenvalue weighted by Gasteiger charge is -2.07. The first-order valence-corrected chi connectivity index (χ1v) is 6.83. The van der Waals surface area contributed by atoms with Crippen molar-refractivity contribution < 1.29 is 4.92 Å². The summed E-state index contributed by atoms with van der Waals surface area (Å²) in [7, 11) is 0. The van der Waals surface area contributed by atoms with Crippen molar-refractivity contribution in [2.75, 3.05) is 5.32 Å². The summed E-state index contributed by atoms with van der Waals surface area (Å²) in [6, 6.07) is 3.00. The molecule has 19 heavy (non-hydrogen) atoms. The van der Waals surface area contributed by atoms with Gasteiger partial charge in [0.2, 0.25) is 0 Å². The molecule has 0 aliphatic carbocycles. The molecule has 0 unspecified atom stereocenters. The molecule has 0 bridgehead atoms. The maximum absolute atomic E-state index is 11.0. The summed E-state index contributed by atoms with van der Waals surface area (Å²) in [6.07, 6.45) is 1.63. The first kappa shape index (κ1) is 14.0. The van der Waals surface area contributed by atoms with E-state index in [0.29, 0.717) is 27.3 Å². The van der Waals surface area contributed by atoms with E-state index in [1.165, 1.54) is 17.4 Å². The summed E-state index contributed by atoms with van der Waals surface area (Å²) in [5.74, 6) is 0. The summed E-state index contributed by atoms with van der Waals surface area (Å²) in [6.45, 7) is 2.13. The molecule has 0 amide bonds. The number of nitro benzene ring substituents is 1. The SMILES string of the molecule is Cc1cc([N+](=O)[O-])c(NCc2cnc(Cl)s2)cc1Cl. The summed E-state index contributed by atoms with van der Waals surface area (Å²) in [4.78, 5) is 15.3. The van der Waals surface area contributed by atoms with Gasteiger partial charge in [0.05, 0.1) is 11.5 Å². The minimum atomic E-state index is -0.439. The van der Waals surface area contributed by atoms with Crippen molar-refractivity contribution in [2.24, 2.45) is 0 Å². The van der Waals surface area contributed by atoms with Gasteiger partial charge in [-0.25, -0.2) is 4.98 Å². The van der Waals surface area contributed by atoms with Crippen molar-refractivity contribution in [3.05, 3.63) is 48.4 Å². The number of nitrogens with zero attached hydrogens (tertiary/aromatic N) is 2. The van der Waals surface area contributed by atoms with Crippen LogP contribution in [-0.4, -0.2) is 9.91 Å². The molecule has 2 aromatic rings. The van der Waals surface area contributed by atoms with Gasteiger partial charge in [-0.05, 0) is 18.6 Å². The maximum Gasteiger partial charge on any atom is 0.292 e. The highest BCUT2D eigenvalue weighted by Gasteiger charge is 2.16. The highest BCUT2D eigenvalue weighted by Crippen LogP contribution is 2.31. The smallest absolute Gasteiger partial charge is 0.292 e. The molecule has 100 valence electrons. The number of aryl methyl sites for hydroxylation is 1. The third-order valence-electron chi connectivity index (χ3n) is 2.45. The molecule has 0 saturated heterocycles. The zero-order chi connectivity index (χ0) is 14.0. The van der Waals surface area contributed by atoms with Crippen molar-refractivity contribution in [3.63, 3.8) is 0 Å². The molecule has 1 aromatic heterocycles. The van der Waals surface area contributed by atoms with Gasteiger partial charge in [0, 0.05) is 22.2 Å². The monoisotopic (exact) mass is 317 g/mol. The van der Waals surface area contributed by atoms with Gasteiger partial charge in [-0.15, -0.1) is 11.3 Å². The predicted octanol–water partition coefficient (Wildman–Crippen LogP) is 4.28. The number of hydrogen-bond donors (Lipinski definition) is 1. The molecule has 0 spiro atoms. The summed E-state index contributed by atoms with van der Waals surface area (Å²) < 4.78 is 0.438. The quantitative estimate of drug-likeness (QED) is 0.675. The third-order valence-corrected chi connectivity index (χ3v) is 3.97. The Morgan fingerprint density at radius 2 is 2.21 bits per heavy atom. The third kappa shape index (κ3) is 3.34. The van der Waals surface area contributed by atoms with Crippen LogP contribution in [-0.2, 0) is 6.54 Å². The zero-order valence-electron chi connectivity index (χ0n) is 9.81. The van der Waals surface area contributed by atoms with E-state index in [1.54, 1.807) is 19.2 Å². The van der Waals surface area contributed by atoms with Gasteiger partial charge in [0.1, 0.15) is 5.69 Å². The van der Waals surface area contributed by atoms with E-state index in [1.807, 2.05) is 0 Å². The molecule has 0 fully saturated rings. The van der Waals surface area contributed by atoms with E-state index in [4.69, 9.17) is 23.2 Å². The second-order valence-corrected chi connectivity index (χ2v) is 5.91. The normalized spacial score (nSPS) is 10.5. The molecule has 0 aliphatic rings. The van der Waals surface area contributed by atoms with Crippen molar-refractivity contribution in [1.82, 2.24) is 4.98 Å². The molecular weight excluding hydrogens is 309 g/mol. The van der Waals surface area contributed by atoms with E-state index < -0.39 is 4.92 Å². The van der Waals surface area contributed by atoms with Crippen LogP contribution in [0.15, 0.2) is 18.3 Å². The Hall–Kier alpha value is -1.37. The van der Waals surface area contributed by atoms with Gasteiger partial charge in [-0.1, -0.05) is 23.2 Å². The number of anilines is 1. The van der Waals surface area contributed by atoms with Crippen LogP contribution < -0.4 is 5.32 Å². The van der Waals surface area contributed by atoms with Crippen LogP contribution in [0.2, 0.25) is 9.49 Å². The minimum Gasteiger partial charge on any atom is -0.374 e. The highest BCUT2D eigenvalue weighted by atomic mass is 35.5. The fourth-order valence-corrected chi connectivity index (χ4v) is 2.59. The van der Waals surface area contributed by atoms with Crippen LogP contribution >= 0.6 is 34.5 Å². The number of nitrogens with one attached hydrogen (secondary N) is 1. The molecule has 0 saturated carbocycles. The average Bonchev–Trinajstić information content (AvgIpc) is 2.76. The highest BCUT2D eigenvalue weighted by molar-refractivity contribution is 7.15. The number of halogens is 2. The van der Waals surface area contributed by atoms with Gasteiger partial charge in [0.25, 0.3) is 5.69 Å². The summed E-state index contributed by atoms with van der Waals surface area (Å²) in [5.41, 5.74) is 1.04. The van der Waals surface area contributed by atoms with E-state index in [2.05, 4.69) is 10.3 Å². The molecule has 2 rings (SSSR count). The zero-order valence-corrected chi connectivity index (χ0v) is 12.1. The molecule has 0 radical (unpaired) electrons. The first-order valence-electron chi connectivity index (χ1n) is 5.26. The molecule has 0 atom stereocenters. The van der Waals surface area contributed by atoms with Crippen molar-refractivity contribution in [1.29, 1.82) is 0 Å². The molecule has 8 heteroatoms. The molecule has 1 aromatic carbocycles. The Kier molecular flexibility index (Phi) is 4.24. The molecular formula is C11H9Cl2N3O2S. The van der Waals surface area contributed by atoms with Crippen LogP contribution in [0.1, 0.15) is 10.4 Å². The number of aromatic nitrogens is 1. The fraction of sp³-hybridized carbons (Fsp3) is 0.182. The average molecular weight is 318 g/mol. The van der Waals surface area contributed by atoms with Crippen LogP contribution in [0, 0.1) is 17.0 Å². The van der Waals surface area contributed by atoms with Crippen LogP contribution in [0.4, 0.5) is 11.4 Å². The minimum absolute atomic E-state index is 0.00230. The van der Waals surface area contributed by atoms with Crippen molar-refractivity contribution >= 4 is 45.9 Å². The van der Waals surface area contributed by atoms with E-state index in [0.717, 1.165) is 4.88 Å². The van der Waals surface area contributed by atoms with Crippen LogP contribution in [0.25, 0.3) is 0 Å². The molecule has 5 nitrogen and oxygen atoms in total. The van der Waals surface area contributed by atoms with E-state index in [9.17, 15) is 10.1 Å². The maximum atomic E-state index is 11.0. The Balaban J connectivity index is 2.23. The van der Waals surface area contributed by atoms with Gasteiger partial charge in [-0.2, -0.15) is 0 Å². The van der Waals surface area contributed by atoms with Crippen molar-refractivity contribution in [3.8, 4) is 0 Å². The number of hydrogen-bond acceptors (Lipinski definition) is 5. The predicted molar refractivity (Wildman–Crippen MR) is 77.3 cm³/mol. The molecule has 1 N–H and O–H groups in total. The van der Waals surface area contributed by atoms with Crippen LogP contribution in [0.3, 0.4) is 0 Å². The Labute approximate surface area is 123 Å². The van der Waals surface area contributed by atoms with E-state index >= 15 is 0 Å². The Morgan fingerprint density at radius 1 is 1.47 bits per heavy atom. The number of nitro groups is 1. The van der Waals surface area contributed by atoms with Gasteiger partial charge < -0.3 is 5.32 Å². The summed E-state index contributed by atoms with van der Waals surface area (Å²) in [5, 5.41) is 14.5. The molecule has 1 heterocycles. The van der Waals surface area contributed by atoms with E-state index in [-0.39, 0.29) is 5.69 Å². The van der Waals surface area contributed by atoms with Gasteiger partial charge in [-0.3, -0.25) is 10.1 Å². The summed E-state index contributed by atoms with van der Waals surface area (Å²) >= 11 is 13.0. The second-order valence-electron chi connectivity index (χ2n) is 3.81. The topological polar surface area (TPSA) is 68.1 Å². The van der Waals surface area contributed by atoms with Gasteiger partial charge >= 0.3 is 0 Å². The number of benzene rings is 1. The van der Waals surface area contributed by atoms with Crippen LogP contribution in [0.5, 0.6) is 0 Å². The molecule has 0 aliphatic heterocycles. The number of thiazole rings is 1. The fourth-order valence-electron chi connectivity index (χ4n) is 1.51. The lowest BCUT2D eigenvalue weighted by molar-refractivity contribution is -0.384. The Bertz CT molecular complexity index is 630. The Morgan fingerprint density at radius 3 is 2.79 bits per heavy atom. The lowest BCUT2D eigenvalue weighted by atomic mass is 10.2. The standard InChI is InChI=1S/C11H9Cl2N3O2S/c1-6-2-10(16(17)18)9(3-8(6)12)14-4-7-5-15-11(13)19-7/h2-3,5,14H,4H2,1H3. The van der Waals surface area contributed by atoms with Crippen molar-refractivity contribution in [2.45, 2.75) is 13.5 Å².